The Morgan fingerprint density at radius 2 is 1.94 bits per heavy atom. The Labute approximate surface area is 215 Å². The highest BCUT2D eigenvalue weighted by molar-refractivity contribution is 7.10. The highest BCUT2D eigenvalue weighted by atomic mass is 35.5. The maximum absolute atomic E-state index is 13.6. The molecule has 35 heavy (non-hydrogen) atoms. The van der Waals surface area contributed by atoms with Crippen molar-refractivity contribution in [3.8, 4) is 5.75 Å². The second-order valence-corrected chi connectivity index (χ2v) is 10.7. The van der Waals surface area contributed by atoms with E-state index in [1.54, 1.807) is 16.2 Å². The molecule has 1 aliphatic carbocycles. The number of halogens is 1. The lowest BCUT2D eigenvalue weighted by atomic mass is 10.00. The quantitative estimate of drug-likeness (QED) is 0.406. The fourth-order valence-electron chi connectivity index (χ4n) is 4.67. The van der Waals surface area contributed by atoms with Gasteiger partial charge in [-0.15, -0.1) is 11.3 Å². The Morgan fingerprint density at radius 3 is 2.69 bits per heavy atom. The van der Waals surface area contributed by atoms with Gasteiger partial charge in [0, 0.05) is 22.5 Å². The molecule has 5 rings (SSSR count). The van der Waals surface area contributed by atoms with Crippen LogP contribution in [0, 0.1) is 6.92 Å². The van der Waals surface area contributed by atoms with Gasteiger partial charge in [0.2, 0.25) is 11.8 Å². The summed E-state index contributed by atoms with van der Waals surface area (Å²) in [7, 11) is 0. The van der Waals surface area contributed by atoms with E-state index in [1.807, 2.05) is 60.4 Å². The molecule has 2 aromatic carbocycles. The van der Waals surface area contributed by atoms with Gasteiger partial charge in [0.1, 0.15) is 18.9 Å². The Morgan fingerprint density at radius 1 is 1.14 bits per heavy atom. The van der Waals surface area contributed by atoms with E-state index in [0.29, 0.717) is 24.6 Å². The molecule has 0 N–H and O–H groups in total. The summed E-state index contributed by atoms with van der Waals surface area (Å²) < 4.78 is 6.15. The smallest absolute Gasteiger partial charge is 0.242 e. The number of benzene rings is 2. The van der Waals surface area contributed by atoms with Crippen LogP contribution in [0.2, 0.25) is 5.02 Å². The second kappa shape index (κ2) is 10.4. The highest BCUT2D eigenvalue weighted by Crippen LogP contribution is 2.35. The van der Waals surface area contributed by atoms with Crippen LogP contribution >= 0.6 is 22.9 Å². The van der Waals surface area contributed by atoms with E-state index in [4.69, 9.17) is 16.3 Å². The van der Waals surface area contributed by atoms with Crippen molar-refractivity contribution in [3.05, 3.63) is 86.6 Å². The molecule has 1 fully saturated rings. The van der Waals surface area contributed by atoms with Gasteiger partial charge >= 0.3 is 0 Å². The predicted molar refractivity (Wildman–Crippen MR) is 139 cm³/mol. The molecule has 3 aromatic rings. The van der Waals surface area contributed by atoms with Crippen LogP contribution < -0.4 is 4.74 Å². The number of amides is 2. The molecule has 0 bridgehead atoms. The van der Waals surface area contributed by atoms with Crippen molar-refractivity contribution in [2.75, 3.05) is 19.7 Å². The van der Waals surface area contributed by atoms with E-state index in [0.717, 1.165) is 41.7 Å². The number of nitrogens with zero attached hydrogens (tertiary/aromatic N) is 2. The third kappa shape index (κ3) is 5.54. The molecular weight excluding hydrogens is 480 g/mol. The van der Waals surface area contributed by atoms with Crippen molar-refractivity contribution in [3.63, 3.8) is 0 Å². The number of hydrogen-bond donors (Lipinski definition) is 0. The number of thiophene rings is 1. The van der Waals surface area contributed by atoms with Gasteiger partial charge in [0.05, 0.1) is 12.5 Å². The number of carbonyl (C=O) groups excluding carboxylic acids is 2. The van der Waals surface area contributed by atoms with Crippen LogP contribution in [-0.4, -0.2) is 47.4 Å². The molecule has 1 atom stereocenters. The van der Waals surface area contributed by atoms with Crippen molar-refractivity contribution in [2.24, 2.45) is 0 Å². The summed E-state index contributed by atoms with van der Waals surface area (Å²) in [6.07, 6.45) is 3.08. The standard InChI is InChI=1S/C28H29ClN2O3S/c1-19-15-22(9-10-24(19)29)34-18-25-23-12-14-35-26(23)11-13-30(25)28(33)17-31(21-7-8-21)27(32)16-20-5-3-2-4-6-20/h2-6,9-10,12,14-15,21,25H,7-8,11,13,16-18H2,1H3/t25-/m0/s1. The minimum Gasteiger partial charge on any atom is -0.491 e. The van der Waals surface area contributed by atoms with Gasteiger partial charge < -0.3 is 14.5 Å². The van der Waals surface area contributed by atoms with E-state index in [2.05, 4.69) is 11.4 Å². The Kier molecular flexibility index (Phi) is 7.12. The molecular formula is C28H29ClN2O3S. The number of carbonyl (C=O) groups is 2. The molecule has 0 spiro atoms. The van der Waals surface area contributed by atoms with E-state index in [-0.39, 0.29) is 30.4 Å². The molecule has 5 nitrogen and oxygen atoms in total. The number of aryl methyl sites for hydroxylation is 1. The molecule has 1 aliphatic heterocycles. The zero-order valence-corrected chi connectivity index (χ0v) is 21.4. The van der Waals surface area contributed by atoms with Crippen molar-refractivity contribution in [2.45, 2.75) is 44.7 Å². The molecule has 182 valence electrons. The fourth-order valence-corrected chi connectivity index (χ4v) is 5.72. The Balaban J connectivity index is 1.31. The lowest BCUT2D eigenvalue weighted by molar-refractivity contribution is -0.143. The van der Waals surface area contributed by atoms with Crippen LogP contribution in [0.1, 0.15) is 40.5 Å². The normalized spacial score (nSPS) is 17.1. The van der Waals surface area contributed by atoms with Crippen LogP contribution in [0.4, 0.5) is 0 Å². The predicted octanol–water partition coefficient (Wildman–Crippen LogP) is 5.45. The van der Waals surface area contributed by atoms with Gasteiger partial charge in [0.25, 0.3) is 0 Å². The summed E-state index contributed by atoms with van der Waals surface area (Å²) >= 11 is 7.89. The first-order valence-electron chi connectivity index (χ1n) is 12.1. The fraction of sp³-hybridized carbons (Fsp3) is 0.357. The largest absolute Gasteiger partial charge is 0.491 e. The van der Waals surface area contributed by atoms with Gasteiger partial charge in [-0.2, -0.15) is 0 Å². The van der Waals surface area contributed by atoms with E-state index in [1.165, 1.54) is 4.88 Å². The minimum atomic E-state index is -0.182. The molecule has 1 saturated carbocycles. The maximum atomic E-state index is 13.6. The first-order valence-corrected chi connectivity index (χ1v) is 13.3. The van der Waals surface area contributed by atoms with Crippen molar-refractivity contribution >= 4 is 34.8 Å². The third-order valence-electron chi connectivity index (χ3n) is 6.76. The zero-order chi connectivity index (χ0) is 24.4. The molecule has 1 aromatic heterocycles. The van der Waals surface area contributed by atoms with Crippen LogP contribution in [0.25, 0.3) is 0 Å². The molecule has 0 unspecified atom stereocenters. The molecule has 2 heterocycles. The highest BCUT2D eigenvalue weighted by Gasteiger charge is 2.37. The molecule has 7 heteroatoms. The Bertz CT molecular complexity index is 1210. The lowest BCUT2D eigenvalue weighted by Crippen LogP contribution is -2.48. The summed E-state index contributed by atoms with van der Waals surface area (Å²) in [5, 5.41) is 2.78. The lowest BCUT2D eigenvalue weighted by Gasteiger charge is -2.37. The van der Waals surface area contributed by atoms with Gasteiger partial charge in [-0.05, 0) is 72.5 Å². The van der Waals surface area contributed by atoms with Crippen LogP contribution in [0.5, 0.6) is 5.75 Å². The third-order valence-corrected chi connectivity index (χ3v) is 8.18. The maximum Gasteiger partial charge on any atom is 0.242 e. The summed E-state index contributed by atoms with van der Waals surface area (Å²) in [5.41, 5.74) is 3.07. The van der Waals surface area contributed by atoms with Gasteiger partial charge in [-0.3, -0.25) is 9.59 Å². The molecule has 0 radical (unpaired) electrons. The Hall–Kier alpha value is -2.83. The van der Waals surface area contributed by atoms with E-state index in [9.17, 15) is 9.59 Å². The topological polar surface area (TPSA) is 49.9 Å². The van der Waals surface area contributed by atoms with E-state index >= 15 is 0 Å². The first kappa shape index (κ1) is 23.9. The van der Waals surface area contributed by atoms with Gasteiger partial charge in [-0.25, -0.2) is 0 Å². The summed E-state index contributed by atoms with van der Waals surface area (Å²) in [4.78, 5) is 31.8. The van der Waals surface area contributed by atoms with Crippen LogP contribution in [0.3, 0.4) is 0 Å². The molecule has 2 aliphatic rings. The van der Waals surface area contributed by atoms with Crippen LogP contribution in [-0.2, 0) is 22.4 Å². The second-order valence-electron chi connectivity index (χ2n) is 9.29. The van der Waals surface area contributed by atoms with Crippen molar-refractivity contribution < 1.29 is 14.3 Å². The number of ether oxygens (including phenoxy) is 1. The molecule has 0 saturated heterocycles. The average Bonchev–Trinajstić information content (AvgIpc) is 3.59. The summed E-state index contributed by atoms with van der Waals surface area (Å²) in [6, 6.07) is 17.4. The number of fused-ring (bicyclic) bond motifs is 1. The van der Waals surface area contributed by atoms with Crippen molar-refractivity contribution in [1.82, 2.24) is 9.80 Å². The molecule has 2 amide bonds. The monoisotopic (exact) mass is 508 g/mol. The zero-order valence-electron chi connectivity index (χ0n) is 19.8. The summed E-state index contributed by atoms with van der Waals surface area (Å²) in [6.45, 7) is 3.05. The van der Waals surface area contributed by atoms with Gasteiger partial charge in [0.15, 0.2) is 0 Å². The summed E-state index contributed by atoms with van der Waals surface area (Å²) in [5.74, 6) is 0.736. The number of rotatable bonds is 8. The number of hydrogen-bond acceptors (Lipinski definition) is 4. The average molecular weight is 509 g/mol. The van der Waals surface area contributed by atoms with Crippen molar-refractivity contribution in [1.29, 1.82) is 0 Å². The van der Waals surface area contributed by atoms with E-state index < -0.39 is 0 Å². The van der Waals surface area contributed by atoms with Gasteiger partial charge in [-0.1, -0.05) is 41.9 Å². The SMILES string of the molecule is Cc1cc(OC[C@H]2c3ccsc3CCN2C(=O)CN(C(=O)Cc2ccccc2)C2CC2)ccc1Cl. The first-order chi connectivity index (χ1) is 17.0. The van der Waals surface area contributed by atoms with Crippen LogP contribution in [0.15, 0.2) is 60.0 Å². The minimum absolute atomic E-state index is 0.0175.